The van der Waals surface area contributed by atoms with Crippen molar-refractivity contribution in [2.24, 2.45) is 0 Å². The average Bonchev–Trinajstić information content (AvgIpc) is 3.20. The van der Waals surface area contributed by atoms with Crippen LogP contribution in [0.4, 0.5) is 10.1 Å². The van der Waals surface area contributed by atoms with E-state index in [-0.39, 0.29) is 12.3 Å². The van der Waals surface area contributed by atoms with Crippen molar-refractivity contribution in [3.8, 4) is 5.75 Å². The molecule has 0 unspecified atom stereocenters. The van der Waals surface area contributed by atoms with E-state index in [1.54, 1.807) is 41.7 Å². The van der Waals surface area contributed by atoms with E-state index in [2.05, 4.69) is 10.3 Å². The van der Waals surface area contributed by atoms with Gasteiger partial charge in [-0.2, -0.15) is 0 Å². The fourth-order valence-corrected chi connectivity index (χ4v) is 4.59. The number of anilines is 1. The number of thiophene rings is 1. The van der Waals surface area contributed by atoms with Gasteiger partial charge in [-0.3, -0.25) is 4.79 Å². The molecule has 0 aliphatic rings. The molecule has 0 radical (unpaired) electrons. The third-order valence-corrected chi connectivity index (χ3v) is 5.76. The molecule has 26 heavy (non-hydrogen) atoms. The van der Waals surface area contributed by atoms with Crippen molar-refractivity contribution in [1.29, 1.82) is 0 Å². The lowest BCUT2D eigenvalue weighted by molar-refractivity contribution is -0.118. The number of thiazole rings is 1. The molecule has 0 spiro atoms. The van der Waals surface area contributed by atoms with Crippen molar-refractivity contribution in [2.45, 2.75) is 13.8 Å². The number of hydrogen-bond acceptors (Lipinski definition) is 5. The highest BCUT2D eigenvalue weighted by atomic mass is 32.1. The molecule has 2 aromatic heterocycles. The van der Waals surface area contributed by atoms with Crippen LogP contribution in [-0.2, 0) is 4.79 Å². The highest BCUT2D eigenvalue weighted by Gasteiger charge is 2.14. The first-order valence-electron chi connectivity index (χ1n) is 7.97. The maximum Gasteiger partial charge on any atom is 0.262 e. The summed E-state index contributed by atoms with van der Waals surface area (Å²) in [4.78, 5) is 16.7. The van der Waals surface area contributed by atoms with Gasteiger partial charge in [0.25, 0.3) is 5.91 Å². The van der Waals surface area contributed by atoms with E-state index in [0.29, 0.717) is 5.75 Å². The quantitative estimate of drug-likeness (QED) is 0.519. The Morgan fingerprint density at radius 3 is 2.92 bits per heavy atom. The van der Waals surface area contributed by atoms with Crippen LogP contribution in [0.1, 0.15) is 10.6 Å². The molecular weight excluding hydrogens is 371 g/mol. The SMILES string of the molecule is Cc1ccc(NC(=O)COc2cc3sc(C)nc3c3sccc23)c(F)c1. The summed E-state index contributed by atoms with van der Waals surface area (Å²) >= 11 is 3.19. The molecule has 4 aromatic rings. The minimum atomic E-state index is -0.458. The van der Waals surface area contributed by atoms with E-state index in [1.807, 2.05) is 24.4 Å². The lowest BCUT2D eigenvalue weighted by Gasteiger charge is -2.10. The Morgan fingerprint density at radius 2 is 2.12 bits per heavy atom. The maximum atomic E-state index is 13.9. The van der Waals surface area contributed by atoms with Gasteiger partial charge in [-0.25, -0.2) is 9.37 Å². The van der Waals surface area contributed by atoms with Gasteiger partial charge in [0, 0.05) is 11.5 Å². The third kappa shape index (κ3) is 3.15. The molecule has 1 amide bonds. The molecule has 0 aliphatic heterocycles. The highest BCUT2D eigenvalue weighted by Crippen LogP contribution is 2.38. The van der Waals surface area contributed by atoms with Crippen molar-refractivity contribution in [3.63, 3.8) is 0 Å². The zero-order valence-electron chi connectivity index (χ0n) is 14.1. The predicted molar refractivity (Wildman–Crippen MR) is 105 cm³/mol. The van der Waals surface area contributed by atoms with E-state index < -0.39 is 11.7 Å². The summed E-state index contributed by atoms with van der Waals surface area (Å²) in [6.45, 7) is 3.57. The second-order valence-corrected chi connectivity index (χ2v) is 8.09. The Labute approximate surface area is 157 Å². The molecule has 2 aromatic carbocycles. The maximum absolute atomic E-state index is 13.9. The van der Waals surface area contributed by atoms with E-state index in [9.17, 15) is 9.18 Å². The van der Waals surface area contributed by atoms with Crippen LogP contribution >= 0.6 is 22.7 Å². The van der Waals surface area contributed by atoms with Crippen LogP contribution in [0.2, 0.25) is 0 Å². The van der Waals surface area contributed by atoms with Crippen LogP contribution in [0.15, 0.2) is 35.7 Å². The van der Waals surface area contributed by atoms with Crippen molar-refractivity contribution < 1.29 is 13.9 Å². The number of aromatic nitrogens is 1. The molecule has 4 rings (SSSR count). The number of carbonyl (C=O) groups excluding carboxylic acids is 1. The Kier molecular flexibility index (Phi) is 4.34. The van der Waals surface area contributed by atoms with Crippen LogP contribution in [0.3, 0.4) is 0 Å². The fourth-order valence-electron chi connectivity index (χ4n) is 2.76. The Morgan fingerprint density at radius 1 is 1.27 bits per heavy atom. The molecule has 0 atom stereocenters. The van der Waals surface area contributed by atoms with Gasteiger partial charge in [-0.1, -0.05) is 6.07 Å². The molecule has 4 nitrogen and oxygen atoms in total. The van der Waals surface area contributed by atoms with Gasteiger partial charge in [-0.05, 0) is 43.0 Å². The van der Waals surface area contributed by atoms with E-state index in [1.165, 1.54) is 6.07 Å². The van der Waals surface area contributed by atoms with Gasteiger partial charge < -0.3 is 10.1 Å². The Balaban J connectivity index is 1.55. The first-order valence-corrected chi connectivity index (χ1v) is 9.67. The van der Waals surface area contributed by atoms with Gasteiger partial charge in [-0.15, -0.1) is 22.7 Å². The van der Waals surface area contributed by atoms with Crippen LogP contribution in [0.25, 0.3) is 20.3 Å². The largest absolute Gasteiger partial charge is 0.483 e. The normalized spacial score (nSPS) is 11.2. The molecule has 1 N–H and O–H groups in total. The lowest BCUT2D eigenvalue weighted by atomic mass is 10.2. The van der Waals surface area contributed by atoms with Gasteiger partial charge in [0.1, 0.15) is 11.6 Å². The summed E-state index contributed by atoms with van der Waals surface area (Å²) in [6.07, 6.45) is 0. The molecule has 0 bridgehead atoms. The third-order valence-electron chi connectivity index (χ3n) is 3.93. The zero-order valence-corrected chi connectivity index (χ0v) is 15.8. The van der Waals surface area contributed by atoms with Gasteiger partial charge in [0.05, 0.1) is 25.6 Å². The van der Waals surface area contributed by atoms with Crippen molar-refractivity contribution in [1.82, 2.24) is 4.98 Å². The molecule has 0 saturated carbocycles. The van der Waals surface area contributed by atoms with Crippen LogP contribution < -0.4 is 10.1 Å². The first kappa shape index (κ1) is 16.9. The summed E-state index contributed by atoms with van der Waals surface area (Å²) < 4.78 is 21.7. The molecule has 0 saturated heterocycles. The standard InChI is InChI=1S/C19H15FN2O2S2/c1-10-3-4-14(13(20)7-10)22-17(23)9-24-15-8-16-18(21-11(2)26-16)19-12(15)5-6-25-19/h3-8H,9H2,1-2H3,(H,22,23). The Hall–Kier alpha value is -2.51. The number of rotatable bonds is 4. The summed E-state index contributed by atoms with van der Waals surface area (Å²) in [5.74, 6) is -0.228. The van der Waals surface area contributed by atoms with E-state index in [4.69, 9.17) is 4.74 Å². The van der Waals surface area contributed by atoms with Crippen molar-refractivity contribution in [3.05, 3.63) is 52.1 Å². The number of hydrogen-bond donors (Lipinski definition) is 1. The number of carbonyl (C=O) groups is 1. The fraction of sp³-hybridized carbons (Fsp3) is 0.158. The number of amides is 1. The summed E-state index contributed by atoms with van der Waals surface area (Å²) in [7, 11) is 0. The van der Waals surface area contributed by atoms with Gasteiger partial charge >= 0.3 is 0 Å². The number of benzene rings is 2. The average molecular weight is 386 g/mol. The molecule has 132 valence electrons. The highest BCUT2D eigenvalue weighted by molar-refractivity contribution is 7.21. The molecule has 7 heteroatoms. The molecule has 0 fully saturated rings. The van der Waals surface area contributed by atoms with Crippen molar-refractivity contribution in [2.75, 3.05) is 11.9 Å². The van der Waals surface area contributed by atoms with Gasteiger partial charge in [0.2, 0.25) is 0 Å². The molecular formula is C19H15FN2O2S2. The first-order chi connectivity index (χ1) is 12.5. The number of nitrogens with zero attached hydrogens (tertiary/aromatic N) is 1. The Bertz CT molecular complexity index is 1130. The van der Waals surface area contributed by atoms with Gasteiger partial charge in [0.15, 0.2) is 6.61 Å². The summed E-state index contributed by atoms with van der Waals surface area (Å²) in [5, 5.41) is 6.44. The topological polar surface area (TPSA) is 51.2 Å². The van der Waals surface area contributed by atoms with Crippen molar-refractivity contribution >= 4 is 54.6 Å². The number of fused-ring (bicyclic) bond motifs is 3. The minimum absolute atomic E-state index is 0.151. The molecule has 0 aliphatic carbocycles. The summed E-state index contributed by atoms with van der Waals surface area (Å²) in [5.41, 5.74) is 1.92. The minimum Gasteiger partial charge on any atom is -0.483 e. The van der Waals surface area contributed by atoms with Crippen LogP contribution in [0.5, 0.6) is 5.75 Å². The second kappa shape index (κ2) is 6.66. The smallest absolute Gasteiger partial charge is 0.262 e. The number of ether oxygens (including phenoxy) is 1. The second-order valence-electron chi connectivity index (χ2n) is 5.94. The monoisotopic (exact) mass is 386 g/mol. The molecule has 2 heterocycles. The summed E-state index contributed by atoms with van der Waals surface area (Å²) in [6, 6.07) is 8.54. The number of aryl methyl sites for hydroxylation is 2. The number of nitrogens with one attached hydrogen (secondary N) is 1. The zero-order chi connectivity index (χ0) is 18.3. The van der Waals surface area contributed by atoms with Crippen LogP contribution in [-0.4, -0.2) is 17.5 Å². The van der Waals surface area contributed by atoms with E-state index in [0.717, 1.165) is 30.9 Å². The van der Waals surface area contributed by atoms with Crippen LogP contribution in [0, 0.1) is 19.7 Å². The lowest BCUT2D eigenvalue weighted by Crippen LogP contribution is -2.20. The predicted octanol–water partition coefficient (Wildman–Crippen LogP) is 5.28. The number of halogens is 1. The van der Waals surface area contributed by atoms with E-state index >= 15 is 0 Å².